The van der Waals surface area contributed by atoms with E-state index in [-0.39, 0.29) is 0 Å². The molecule has 1 atom stereocenters. The highest BCUT2D eigenvalue weighted by atomic mass is 35.5. The van der Waals surface area contributed by atoms with E-state index in [0.29, 0.717) is 12.0 Å². The van der Waals surface area contributed by atoms with Crippen molar-refractivity contribution in [2.24, 2.45) is 5.92 Å². The van der Waals surface area contributed by atoms with Crippen molar-refractivity contribution < 1.29 is 0 Å². The predicted octanol–water partition coefficient (Wildman–Crippen LogP) is 3.91. The number of rotatable bonds is 6. The molecule has 0 radical (unpaired) electrons. The van der Waals surface area contributed by atoms with E-state index < -0.39 is 0 Å². The lowest BCUT2D eigenvalue weighted by Crippen LogP contribution is -2.28. The van der Waals surface area contributed by atoms with Crippen molar-refractivity contribution in [2.45, 2.75) is 39.7 Å². The van der Waals surface area contributed by atoms with Gasteiger partial charge in [0.15, 0.2) is 0 Å². The zero-order valence-corrected chi connectivity index (χ0v) is 11.2. The zero-order valence-electron chi connectivity index (χ0n) is 10.5. The molecule has 0 aromatic heterocycles. The van der Waals surface area contributed by atoms with Gasteiger partial charge in [-0.3, -0.25) is 0 Å². The molecule has 1 unspecified atom stereocenters. The first-order chi connectivity index (χ1) is 7.59. The van der Waals surface area contributed by atoms with Crippen molar-refractivity contribution in [2.75, 3.05) is 6.54 Å². The lowest BCUT2D eigenvalue weighted by Gasteiger charge is -2.15. The molecule has 90 valence electrons. The molecule has 0 spiro atoms. The van der Waals surface area contributed by atoms with Crippen molar-refractivity contribution in [1.82, 2.24) is 5.32 Å². The summed E-state index contributed by atoms with van der Waals surface area (Å²) in [7, 11) is 0. The highest BCUT2D eigenvalue weighted by molar-refractivity contribution is 6.31. The van der Waals surface area contributed by atoms with Crippen LogP contribution < -0.4 is 5.32 Å². The highest BCUT2D eigenvalue weighted by Crippen LogP contribution is 2.18. The molecule has 0 aliphatic carbocycles. The van der Waals surface area contributed by atoms with Crippen molar-refractivity contribution in [3.05, 3.63) is 34.9 Å². The number of aryl methyl sites for hydroxylation is 1. The Morgan fingerprint density at radius 1 is 1.19 bits per heavy atom. The van der Waals surface area contributed by atoms with Crippen molar-refractivity contribution in [1.29, 1.82) is 0 Å². The Hall–Kier alpha value is -0.530. The topological polar surface area (TPSA) is 12.0 Å². The fourth-order valence-corrected chi connectivity index (χ4v) is 1.87. The van der Waals surface area contributed by atoms with E-state index in [1.54, 1.807) is 0 Å². The SMILES string of the molecule is CC(CCc1ccccc1Cl)CNC(C)C. The van der Waals surface area contributed by atoms with Crippen LogP contribution in [0.2, 0.25) is 5.02 Å². The van der Waals surface area contributed by atoms with Crippen LogP contribution in [-0.2, 0) is 6.42 Å². The van der Waals surface area contributed by atoms with E-state index in [2.05, 4.69) is 38.2 Å². The predicted molar refractivity (Wildman–Crippen MR) is 72.1 cm³/mol. The average Bonchev–Trinajstić information content (AvgIpc) is 2.25. The quantitative estimate of drug-likeness (QED) is 0.794. The minimum absolute atomic E-state index is 0.572. The first kappa shape index (κ1) is 13.5. The number of nitrogens with one attached hydrogen (secondary N) is 1. The molecule has 0 aliphatic rings. The van der Waals surface area contributed by atoms with Crippen molar-refractivity contribution in [3.63, 3.8) is 0 Å². The van der Waals surface area contributed by atoms with Crippen molar-refractivity contribution in [3.8, 4) is 0 Å². The Morgan fingerprint density at radius 2 is 1.88 bits per heavy atom. The van der Waals surface area contributed by atoms with E-state index in [4.69, 9.17) is 11.6 Å². The molecule has 0 bridgehead atoms. The molecule has 0 fully saturated rings. The van der Waals surface area contributed by atoms with Gasteiger partial charge in [-0.1, -0.05) is 50.6 Å². The minimum Gasteiger partial charge on any atom is -0.314 e. The smallest absolute Gasteiger partial charge is 0.0437 e. The molecule has 0 aliphatic heterocycles. The summed E-state index contributed by atoms with van der Waals surface area (Å²) >= 11 is 6.12. The van der Waals surface area contributed by atoms with Gasteiger partial charge in [-0.2, -0.15) is 0 Å². The van der Waals surface area contributed by atoms with Crippen molar-refractivity contribution >= 4 is 11.6 Å². The molecule has 0 amide bonds. The van der Waals surface area contributed by atoms with Crippen LogP contribution in [0.3, 0.4) is 0 Å². The molecule has 1 nitrogen and oxygen atoms in total. The van der Waals surface area contributed by atoms with Crippen LogP contribution in [0.1, 0.15) is 32.8 Å². The number of benzene rings is 1. The second-order valence-corrected chi connectivity index (χ2v) is 5.21. The number of halogens is 1. The minimum atomic E-state index is 0.572. The molecular formula is C14H22ClN. The lowest BCUT2D eigenvalue weighted by molar-refractivity contribution is 0.454. The summed E-state index contributed by atoms with van der Waals surface area (Å²) in [5, 5.41) is 4.36. The Balaban J connectivity index is 2.31. The molecule has 1 rings (SSSR count). The highest BCUT2D eigenvalue weighted by Gasteiger charge is 2.05. The molecule has 1 N–H and O–H groups in total. The average molecular weight is 240 g/mol. The Bertz CT molecular complexity index is 309. The first-order valence-electron chi connectivity index (χ1n) is 6.06. The summed E-state index contributed by atoms with van der Waals surface area (Å²) in [6, 6.07) is 8.69. The van der Waals surface area contributed by atoms with Gasteiger partial charge in [0.2, 0.25) is 0 Å². The second kappa shape index (κ2) is 6.93. The van der Waals surface area contributed by atoms with Gasteiger partial charge in [0.05, 0.1) is 0 Å². The van der Waals surface area contributed by atoms with Crippen LogP contribution in [0.15, 0.2) is 24.3 Å². The van der Waals surface area contributed by atoms with Crippen LogP contribution >= 0.6 is 11.6 Å². The van der Waals surface area contributed by atoms with Crippen LogP contribution in [0.5, 0.6) is 0 Å². The third kappa shape index (κ3) is 5.00. The molecule has 0 saturated heterocycles. The van der Waals surface area contributed by atoms with Gasteiger partial charge in [-0.15, -0.1) is 0 Å². The molecule has 0 saturated carbocycles. The van der Waals surface area contributed by atoms with E-state index in [0.717, 1.165) is 18.0 Å². The summed E-state index contributed by atoms with van der Waals surface area (Å²) in [5.41, 5.74) is 1.26. The van der Waals surface area contributed by atoms with Crippen LogP contribution in [-0.4, -0.2) is 12.6 Å². The zero-order chi connectivity index (χ0) is 12.0. The number of hydrogen-bond donors (Lipinski definition) is 1. The van der Waals surface area contributed by atoms with Gasteiger partial charge in [-0.05, 0) is 36.9 Å². The molecular weight excluding hydrogens is 218 g/mol. The van der Waals surface area contributed by atoms with Gasteiger partial charge >= 0.3 is 0 Å². The Labute approximate surface area is 104 Å². The molecule has 1 aromatic rings. The summed E-state index contributed by atoms with van der Waals surface area (Å²) in [4.78, 5) is 0. The van der Waals surface area contributed by atoms with Gasteiger partial charge < -0.3 is 5.32 Å². The summed E-state index contributed by atoms with van der Waals surface area (Å²) in [6.07, 6.45) is 2.25. The van der Waals surface area contributed by atoms with Crippen LogP contribution in [0.4, 0.5) is 0 Å². The molecule has 1 aromatic carbocycles. The second-order valence-electron chi connectivity index (χ2n) is 4.80. The standard InChI is InChI=1S/C14H22ClN/c1-11(2)16-10-12(3)8-9-13-6-4-5-7-14(13)15/h4-7,11-12,16H,8-10H2,1-3H3. The van der Waals surface area contributed by atoms with Gasteiger partial charge in [0, 0.05) is 11.1 Å². The summed E-state index contributed by atoms with van der Waals surface area (Å²) < 4.78 is 0. The molecule has 0 heterocycles. The normalized spacial score (nSPS) is 13.1. The lowest BCUT2D eigenvalue weighted by atomic mass is 10.0. The van der Waals surface area contributed by atoms with E-state index >= 15 is 0 Å². The third-order valence-corrected chi connectivity index (χ3v) is 3.11. The first-order valence-corrected chi connectivity index (χ1v) is 6.44. The van der Waals surface area contributed by atoms with E-state index in [9.17, 15) is 0 Å². The fraction of sp³-hybridized carbons (Fsp3) is 0.571. The van der Waals surface area contributed by atoms with E-state index in [1.165, 1.54) is 12.0 Å². The maximum Gasteiger partial charge on any atom is 0.0437 e. The summed E-state index contributed by atoms with van der Waals surface area (Å²) in [5.74, 6) is 0.693. The summed E-state index contributed by atoms with van der Waals surface area (Å²) in [6.45, 7) is 7.73. The maximum atomic E-state index is 6.12. The Morgan fingerprint density at radius 3 is 2.50 bits per heavy atom. The molecule has 2 heteroatoms. The monoisotopic (exact) mass is 239 g/mol. The van der Waals surface area contributed by atoms with Crippen LogP contribution in [0.25, 0.3) is 0 Å². The Kier molecular flexibility index (Phi) is 5.86. The third-order valence-electron chi connectivity index (χ3n) is 2.74. The molecule has 16 heavy (non-hydrogen) atoms. The maximum absolute atomic E-state index is 6.12. The fourth-order valence-electron chi connectivity index (χ4n) is 1.64. The van der Waals surface area contributed by atoms with Gasteiger partial charge in [-0.25, -0.2) is 0 Å². The van der Waals surface area contributed by atoms with Crippen LogP contribution in [0, 0.1) is 5.92 Å². The number of hydrogen-bond acceptors (Lipinski definition) is 1. The van der Waals surface area contributed by atoms with E-state index in [1.807, 2.05) is 12.1 Å². The van der Waals surface area contributed by atoms with Gasteiger partial charge in [0.25, 0.3) is 0 Å². The van der Waals surface area contributed by atoms with Gasteiger partial charge in [0.1, 0.15) is 0 Å². The largest absolute Gasteiger partial charge is 0.314 e.